The van der Waals surface area contributed by atoms with Crippen LogP contribution < -0.4 is 5.32 Å². The summed E-state index contributed by atoms with van der Waals surface area (Å²) in [6.45, 7) is 7.83. The molecule has 0 aromatic heterocycles. The number of hydrogen-bond donors (Lipinski definition) is 1. The molecular weight excluding hydrogens is 174 g/mol. The van der Waals surface area contributed by atoms with Crippen LogP contribution in [0, 0.1) is 0 Å². The van der Waals surface area contributed by atoms with Gasteiger partial charge in [0, 0.05) is 12.6 Å². The third-order valence-corrected chi connectivity index (χ3v) is 3.77. The summed E-state index contributed by atoms with van der Waals surface area (Å²) >= 11 is 0. The Bertz CT molecular complexity index is 171. The van der Waals surface area contributed by atoms with Crippen LogP contribution >= 0.6 is 0 Å². The van der Waals surface area contributed by atoms with Crippen LogP contribution in [-0.2, 0) is 4.74 Å². The quantitative estimate of drug-likeness (QED) is 0.735. The predicted octanol–water partition coefficient (Wildman–Crippen LogP) is 2.72. The summed E-state index contributed by atoms with van der Waals surface area (Å²) in [6.07, 6.45) is 6.30. The Hall–Kier alpha value is -0.0800. The Kier molecular flexibility index (Phi) is 3.96. The normalized spacial score (nSPS) is 28.3. The lowest BCUT2D eigenvalue weighted by Crippen LogP contribution is -2.41. The zero-order valence-electron chi connectivity index (χ0n) is 10.2. The lowest BCUT2D eigenvalue weighted by atomic mass is 9.85. The van der Waals surface area contributed by atoms with Crippen LogP contribution in [0.5, 0.6) is 0 Å². The van der Waals surface area contributed by atoms with E-state index in [1.165, 1.54) is 32.2 Å². The Morgan fingerprint density at radius 1 is 1.43 bits per heavy atom. The van der Waals surface area contributed by atoms with E-state index in [0.717, 1.165) is 6.42 Å². The van der Waals surface area contributed by atoms with Gasteiger partial charge in [-0.05, 0) is 52.5 Å². The van der Waals surface area contributed by atoms with E-state index in [0.29, 0.717) is 5.54 Å². The lowest BCUT2D eigenvalue weighted by Gasteiger charge is -2.32. The molecule has 0 aromatic carbocycles. The van der Waals surface area contributed by atoms with Crippen LogP contribution in [-0.4, -0.2) is 24.8 Å². The number of rotatable bonds is 5. The summed E-state index contributed by atoms with van der Waals surface area (Å²) in [5.41, 5.74) is 0.447. The largest absolute Gasteiger partial charge is 0.379 e. The lowest BCUT2D eigenvalue weighted by molar-refractivity contribution is 0.00766. The van der Waals surface area contributed by atoms with Crippen molar-refractivity contribution in [3.05, 3.63) is 0 Å². The molecule has 1 saturated heterocycles. The van der Waals surface area contributed by atoms with E-state index in [2.05, 4.69) is 26.1 Å². The molecule has 0 radical (unpaired) electrons. The molecular formula is C12H25NO. The van der Waals surface area contributed by atoms with Crippen LogP contribution in [0.25, 0.3) is 0 Å². The molecule has 0 bridgehead atoms. The maximum Gasteiger partial charge on any atom is 0.0623 e. The van der Waals surface area contributed by atoms with Crippen molar-refractivity contribution in [3.8, 4) is 0 Å². The fourth-order valence-corrected chi connectivity index (χ4v) is 2.20. The fraction of sp³-hybridized carbons (Fsp3) is 1.00. The van der Waals surface area contributed by atoms with E-state index in [1.54, 1.807) is 7.11 Å². The highest BCUT2D eigenvalue weighted by Gasteiger charge is 2.33. The van der Waals surface area contributed by atoms with Gasteiger partial charge in [0.1, 0.15) is 0 Å². The third-order valence-electron chi connectivity index (χ3n) is 3.77. The molecule has 2 nitrogen and oxygen atoms in total. The van der Waals surface area contributed by atoms with E-state index in [1.807, 2.05) is 0 Å². The van der Waals surface area contributed by atoms with Crippen LogP contribution in [0.1, 0.15) is 52.9 Å². The van der Waals surface area contributed by atoms with Gasteiger partial charge in [0.2, 0.25) is 0 Å². The van der Waals surface area contributed by atoms with Crippen LogP contribution in [0.4, 0.5) is 0 Å². The first-order valence-electron chi connectivity index (χ1n) is 5.84. The maximum atomic E-state index is 5.46. The van der Waals surface area contributed by atoms with Crippen molar-refractivity contribution < 1.29 is 4.74 Å². The van der Waals surface area contributed by atoms with Crippen LogP contribution in [0.2, 0.25) is 0 Å². The Morgan fingerprint density at radius 2 is 2.14 bits per heavy atom. The van der Waals surface area contributed by atoms with Gasteiger partial charge in [-0.3, -0.25) is 0 Å². The summed E-state index contributed by atoms with van der Waals surface area (Å²) in [4.78, 5) is 0. The third kappa shape index (κ3) is 2.96. The van der Waals surface area contributed by atoms with Gasteiger partial charge in [-0.25, -0.2) is 0 Å². The van der Waals surface area contributed by atoms with Gasteiger partial charge >= 0.3 is 0 Å². The average Bonchev–Trinajstić information content (AvgIpc) is 2.65. The highest BCUT2D eigenvalue weighted by molar-refractivity contribution is 4.93. The van der Waals surface area contributed by atoms with E-state index in [9.17, 15) is 0 Å². The van der Waals surface area contributed by atoms with Gasteiger partial charge in [0.05, 0.1) is 5.60 Å². The van der Waals surface area contributed by atoms with E-state index >= 15 is 0 Å². The zero-order chi connectivity index (χ0) is 10.7. The van der Waals surface area contributed by atoms with Crippen molar-refractivity contribution in [2.75, 3.05) is 13.7 Å². The van der Waals surface area contributed by atoms with Gasteiger partial charge in [-0.1, -0.05) is 6.92 Å². The van der Waals surface area contributed by atoms with Crippen LogP contribution in [0.15, 0.2) is 0 Å². The van der Waals surface area contributed by atoms with Crippen LogP contribution in [0.3, 0.4) is 0 Å². The highest BCUT2D eigenvalue weighted by atomic mass is 16.5. The molecule has 84 valence electrons. The smallest absolute Gasteiger partial charge is 0.0623 e. The summed E-state index contributed by atoms with van der Waals surface area (Å²) in [5, 5.41) is 3.66. The van der Waals surface area contributed by atoms with Gasteiger partial charge < -0.3 is 10.1 Å². The first kappa shape index (κ1) is 12.0. The minimum Gasteiger partial charge on any atom is -0.379 e. The van der Waals surface area contributed by atoms with Crippen molar-refractivity contribution in [2.24, 2.45) is 0 Å². The van der Waals surface area contributed by atoms with E-state index in [4.69, 9.17) is 4.74 Å². The molecule has 1 unspecified atom stereocenters. The molecule has 0 amide bonds. The molecule has 1 atom stereocenters. The number of nitrogens with one attached hydrogen (secondary N) is 1. The minimum absolute atomic E-state index is 0.0342. The Balaban J connectivity index is 2.41. The van der Waals surface area contributed by atoms with E-state index < -0.39 is 0 Å². The fourth-order valence-electron chi connectivity index (χ4n) is 2.20. The molecule has 0 spiro atoms. The second kappa shape index (κ2) is 4.63. The molecule has 0 saturated carbocycles. The first-order chi connectivity index (χ1) is 6.54. The number of methoxy groups -OCH3 is 1. The molecule has 1 aliphatic rings. The number of hydrogen-bond acceptors (Lipinski definition) is 2. The van der Waals surface area contributed by atoms with Crippen molar-refractivity contribution >= 4 is 0 Å². The summed E-state index contributed by atoms with van der Waals surface area (Å²) in [6, 6.07) is 0. The SMILES string of the molecule is CCC1(CCC(C)(C)OC)CCCN1. The second-order valence-corrected chi connectivity index (χ2v) is 5.13. The molecule has 14 heavy (non-hydrogen) atoms. The van der Waals surface area contributed by atoms with Crippen molar-refractivity contribution in [2.45, 2.75) is 64.0 Å². The summed E-state index contributed by atoms with van der Waals surface area (Å²) < 4.78 is 5.46. The van der Waals surface area contributed by atoms with Gasteiger partial charge in [-0.2, -0.15) is 0 Å². The predicted molar refractivity (Wildman–Crippen MR) is 60.6 cm³/mol. The molecule has 1 aliphatic heterocycles. The topological polar surface area (TPSA) is 21.3 Å². The maximum absolute atomic E-state index is 5.46. The van der Waals surface area contributed by atoms with Crippen molar-refractivity contribution in [1.29, 1.82) is 0 Å². The molecule has 0 aromatic rings. The molecule has 1 N–H and O–H groups in total. The minimum atomic E-state index is 0.0342. The Morgan fingerprint density at radius 3 is 2.57 bits per heavy atom. The number of ether oxygens (including phenoxy) is 1. The van der Waals surface area contributed by atoms with Crippen molar-refractivity contribution in [1.82, 2.24) is 5.32 Å². The molecule has 2 heteroatoms. The van der Waals surface area contributed by atoms with Gasteiger partial charge in [-0.15, -0.1) is 0 Å². The summed E-state index contributed by atoms with van der Waals surface area (Å²) in [5.74, 6) is 0. The molecule has 0 aliphatic carbocycles. The molecule has 1 rings (SSSR count). The molecule has 1 fully saturated rings. The monoisotopic (exact) mass is 199 g/mol. The standard InChI is InChI=1S/C12H25NO/c1-5-12(7-6-10-13-12)9-8-11(2,3)14-4/h13H,5-10H2,1-4H3. The zero-order valence-corrected chi connectivity index (χ0v) is 10.2. The Labute approximate surface area is 88.4 Å². The van der Waals surface area contributed by atoms with Gasteiger partial charge in [0.25, 0.3) is 0 Å². The van der Waals surface area contributed by atoms with Gasteiger partial charge in [0.15, 0.2) is 0 Å². The van der Waals surface area contributed by atoms with E-state index in [-0.39, 0.29) is 5.60 Å². The molecule has 1 heterocycles. The van der Waals surface area contributed by atoms with Crippen molar-refractivity contribution in [3.63, 3.8) is 0 Å². The average molecular weight is 199 g/mol. The summed E-state index contributed by atoms with van der Waals surface area (Å²) in [7, 11) is 1.81. The first-order valence-corrected chi connectivity index (χ1v) is 5.84. The highest BCUT2D eigenvalue weighted by Crippen LogP contribution is 2.31. The second-order valence-electron chi connectivity index (χ2n) is 5.13.